The van der Waals surface area contributed by atoms with Crippen molar-refractivity contribution in [2.75, 3.05) is 7.11 Å². The quantitative estimate of drug-likeness (QED) is 0.606. The molecule has 2 rings (SSSR count). The maximum absolute atomic E-state index is 13.0. The van der Waals surface area contributed by atoms with Gasteiger partial charge in [-0.2, -0.15) is 18.3 Å². The summed E-state index contributed by atoms with van der Waals surface area (Å²) in [5, 5.41) is 17.3. The fourth-order valence-corrected chi connectivity index (χ4v) is 2.90. The summed E-state index contributed by atoms with van der Waals surface area (Å²) in [4.78, 5) is 22.2. The first-order chi connectivity index (χ1) is 11.7. The standard InChI is InChI=1S/C14H12F3N3O4S/c1-24-9-4-2-3-8(14(15,16)17)7(9)6-18-20-13-19-12(23)10(25-13)5-11(21)22/h2-4,6,10H,5H2,1H3,(H,21,22)(H,19,20,23). The number of nitrogens with zero attached hydrogens (tertiary/aromatic N) is 2. The van der Waals surface area contributed by atoms with Gasteiger partial charge in [0, 0.05) is 5.56 Å². The zero-order valence-electron chi connectivity index (χ0n) is 12.7. The molecule has 25 heavy (non-hydrogen) atoms. The monoisotopic (exact) mass is 375 g/mol. The number of halogens is 3. The topological polar surface area (TPSA) is 100 Å². The first-order valence-electron chi connectivity index (χ1n) is 6.77. The Bertz CT molecular complexity index is 749. The largest absolute Gasteiger partial charge is 0.496 e. The van der Waals surface area contributed by atoms with Crippen molar-refractivity contribution in [3.05, 3.63) is 29.3 Å². The molecule has 11 heteroatoms. The summed E-state index contributed by atoms with van der Waals surface area (Å²) in [5.41, 5.74) is -1.25. The summed E-state index contributed by atoms with van der Waals surface area (Å²) >= 11 is 0.843. The summed E-state index contributed by atoms with van der Waals surface area (Å²) in [6, 6.07) is 3.43. The molecule has 1 fully saturated rings. The number of benzene rings is 1. The number of aliphatic carboxylic acids is 1. The predicted octanol–water partition coefficient (Wildman–Crippen LogP) is 2.11. The van der Waals surface area contributed by atoms with Crippen LogP contribution in [0.5, 0.6) is 5.75 Å². The van der Waals surface area contributed by atoms with Crippen LogP contribution >= 0.6 is 11.8 Å². The molecule has 1 aliphatic rings. The lowest BCUT2D eigenvalue weighted by atomic mass is 10.1. The lowest BCUT2D eigenvalue weighted by Gasteiger charge is -2.12. The summed E-state index contributed by atoms with van der Waals surface area (Å²) in [5.74, 6) is -1.73. The SMILES string of the molecule is COc1cccc(C(F)(F)F)c1C=NN=C1NC(=O)C(CC(=O)O)S1. The van der Waals surface area contributed by atoms with Crippen LogP contribution in [0.2, 0.25) is 0 Å². The Hall–Kier alpha value is -2.56. The smallest absolute Gasteiger partial charge is 0.417 e. The van der Waals surface area contributed by atoms with Gasteiger partial charge in [-0.05, 0) is 12.1 Å². The molecule has 1 heterocycles. The molecule has 0 aliphatic carbocycles. The van der Waals surface area contributed by atoms with Crippen molar-refractivity contribution >= 4 is 35.0 Å². The second-order valence-electron chi connectivity index (χ2n) is 4.76. The Morgan fingerprint density at radius 1 is 1.48 bits per heavy atom. The number of carbonyl (C=O) groups is 2. The molecule has 1 saturated heterocycles. The highest BCUT2D eigenvalue weighted by Gasteiger charge is 2.34. The molecular weight excluding hydrogens is 363 g/mol. The van der Waals surface area contributed by atoms with E-state index < -0.39 is 35.3 Å². The zero-order chi connectivity index (χ0) is 18.6. The summed E-state index contributed by atoms with van der Waals surface area (Å²) < 4.78 is 44.0. The van der Waals surface area contributed by atoms with Gasteiger partial charge in [0.05, 0.1) is 25.3 Å². The van der Waals surface area contributed by atoms with Crippen LogP contribution in [0.4, 0.5) is 13.2 Å². The van der Waals surface area contributed by atoms with Crippen LogP contribution in [0.25, 0.3) is 0 Å². The number of thioether (sulfide) groups is 1. The van der Waals surface area contributed by atoms with Gasteiger partial charge in [0.25, 0.3) is 0 Å². The molecule has 1 aliphatic heterocycles. The normalized spacial score (nSPS) is 19.4. The number of carbonyl (C=O) groups excluding carboxylic acids is 1. The van der Waals surface area contributed by atoms with Gasteiger partial charge >= 0.3 is 12.1 Å². The van der Waals surface area contributed by atoms with Crippen LogP contribution in [0.3, 0.4) is 0 Å². The van der Waals surface area contributed by atoms with Gasteiger partial charge in [0.1, 0.15) is 11.0 Å². The Morgan fingerprint density at radius 3 is 2.80 bits per heavy atom. The maximum atomic E-state index is 13.0. The maximum Gasteiger partial charge on any atom is 0.417 e. The van der Waals surface area contributed by atoms with E-state index in [1.165, 1.54) is 19.2 Å². The lowest BCUT2D eigenvalue weighted by Crippen LogP contribution is -2.26. The number of methoxy groups -OCH3 is 1. The highest BCUT2D eigenvalue weighted by molar-refractivity contribution is 8.15. The van der Waals surface area contributed by atoms with Crippen molar-refractivity contribution in [3.63, 3.8) is 0 Å². The fourth-order valence-electron chi connectivity index (χ4n) is 1.99. The van der Waals surface area contributed by atoms with Crippen LogP contribution in [-0.4, -0.2) is 40.7 Å². The second-order valence-corrected chi connectivity index (χ2v) is 5.95. The number of amidine groups is 1. The van der Waals surface area contributed by atoms with Crippen LogP contribution in [0, 0.1) is 0 Å². The van der Waals surface area contributed by atoms with Crippen LogP contribution in [-0.2, 0) is 15.8 Å². The molecular formula is C14H12F3N3O4S. The Morgan fingerprint density at radius 2 is 2.20 bits per heavy atom. The third-order valence-corrected chi connectivity index (χ3v) is 4.14. The molecule has 7 nitrogen and oxygen atoms in total. The first kappa shape index (κ1) is 18.8. The summed E-state index contributed by atoms with van der Waals surface area (Å²) in [7, 11) is 1.22. The van der Waals surface area contributed by atoms with Crippen molar-refractivity contribution in [2.45, 2.75) is 17.8 Å². The van der Waals surface area contributed by atoms with E-state index in [0.717, 1.165) is 24.0 Å². The fraction of sp³-hybridized carbons (Fsp3) is 0.286. The van der Waals surface area contributed by atoms with E-state index in [-0.39, 0.29) is 16.5 Å². The molecule has 0 bridgehead atoms. The minimum absolute atomic E-state index is 0.0101. The highest BCUT2D eigenvalue weighted by atomic mass is 32.2. The number of alkyl halides is 3. The van der Waals surface area contributed by atoms with Gasteiger partial charge in [-0.3, -0.25) is 9.59 Å². The number of hydrogen-bond acceptors (Lipinski definition) is 6. The van der Waals surface area contributed by atoms with Crippen LogP contribution < -0.4 is 10.1 Å². The van der Waals surface area contributed by atoms with Crippen LogP contribution in [0.15, 0.2) is 28.4 Å². The van der Waals surface area contributed by atoms with Gasteiger partial charge in [-0.25, -0.2) is 0 Å². The van der Waals surface area contributed by atoms with E-state index in [9.17, 15) is 22.8 Å². The Labute approximate surface area is 144 Å². The van der Waals surface area contributed by atoms with E-state index in [4.69, 9.17) is 9.84 Å². The zero-order valence-corrected chi connectivity index (χ0v) is 13.5. The predicted molar refractivity (Wildman–Crippen MR) is 84.8 cm³/mol. The van der Waals surface area contributed by atoms with Crippen molar-refractivity contribution in [2.24, 2.45) is 10.2 Å². The minimum atomic E-state index is -4.61. The minimum Gasteiger partial charge on any atom is -0.496 e. The number of carboxylic acids is 1. The van der Waals surface area contributed by atoms with Crippen molar-refractivity contribution in [1.29, 1.82) is 0 Å². The molecule has 1 aromatic carbocycles. The van der Waals surface area contributed by atoms with Gasteiger partial charge in [0.15, 0.2) is 5.17 Å². The van der Waals surface area contributed by atoms with Crippen molar-refractivity contribution < 1.29 is 32.6 Å². The highest BCUT2D eigenvalue weighted by Crippen LogP contribution is 2.35. The van der Waals surface area contributed by atoms with Crippen molar-refractivity contribution in [1.82, 2.24) is 5.32 Å². The molecule has 0 aromatic heterocycles. The Kier molecular flexibility index (Phi) is 5.67. The van der Waals surface area contributed by atoms with Crippen LogP contribution in [0.1, 0.15) is 17.5 Å². The summed E-state index contributed by atoms with van der Waals surface area (Å²) in [6.45, 7) is 0. The second kappa shape index (κ2) is 7.55. The Balaban J connectivity index is 2.23. The first-order valence-corrected chi connectivity index (χ1v) is 7.65. The molecule has 134 valence electrons. The molecule has 0 radical (unpaired) electrons. The van der Waals surface area contributed by atoms with Gasteiger partial charge in [0.2, 0.25) is 5.91 Å². The number of amides is 1. The molecule has 2 N–H and O–H groups in total. The van der Waals surface area contributed by atoms with Gasteiger partial charge in [-0.1, -0.05) is 17.8 Å². The molecule has 1 atom stereocenters. The molecule has 1 unspecified atom stereocenters. The number of rotatable bonds is 5. The molecule has 0 spiro atoms. The molecule has 1 aromatic rings. The lowest BCUT2D eigenvalue weighted by molar-refractivity contribution is -0.138. The number of carboxylic acid groups (broad SMARTS) is 1. The number of hydrogen-bond donors (Lipinski definition) is 2. The average molecular weight is 375 g/mol. The van der Waals surface area contributed by atoms with E-state index in [2.05, 4.69) is 15.5 Å². The van der Waals surface area contributed by atoms with Crippen molar-refractivity contribution in [3.8, 4) is 5.75 Å². The average Bonchev–Trinajstić information content (AvgIpc) is 2.85. The number of ether oxygens (including phenoxy) is 1. The molecule has 1 amide bonds. The van der Waals surface area contributed by atoms with Gasteiger partial charge in [-0.15, -0.1) is 5.10 Å². The van der Waals surface area contributed by atoms with E-state index in [1.54, 1.807) is 0 Å². The third-order valence-electron chi connectivity index (χ3n) is 3.06. The van der Waals surface area contributed by atoms with E-state index in [1.807, 2.05) is 0 Å². The molecule has 0 saturated carbocycles. The summed E-state index contributed by atoms with van der Waals surface area (Å²) in [6.07, 6.45) is -4.14. The van der Waals surface area contributed by atoms with E-state index >= 15 is 0 Å². The number of nitrogens with one attached hydrogen (secondary N) is 1. The third kappa shape index (κ3) is 4.72. The van der Waals surface area contributed by atoms with E-state index in [0.29, 0.717) is 0 Å². The van der Waals surface area contributed by atoms with Gasteiger partial charge < -0.3 is 15.2 Å².